The summed E-state index contributed by atoms with van der Waals surface area (Å²) in [6, 6.07) is 41.1. The van der Waals surface area contributed by atoms with Crippen molar-refractivity contribution >= 4 is 192 Å². The van der Waals surface area contributed by atoms with Crippen LogP contribution >= 0.6 is 75.3 Å². The molecule has 0 spiro atoms. The fraction of sp³-hybridized carbons (Fsp3) is 0.310. The van der Waals surface area contributed by atoms with Crippen molar-refractivity contribution < 1.29 is 99.6 Å². The van der Waals surface area contributed by atoms with Gasteiger partial charge in [-0.25, -0.2) is 42.1 Å². The number of halogens is 8. The van der Waals surface area contributed by atoms with E-state index < -0.39 is 79.4 Å². The molecule has 12 aromatic rings. The van der Waals surface area contributed by atoms with E-state index in [1.54, 1.807) is 72.8 Å². The zero-order valence-corrected chi connectivity index (χ0v) is 77.9. The lowest BCUT2D eigenvalue weighted by Crippen LogP contribution is -2.17. The Labute approximate surface area is 746 Å². The molecule has 0 fully saturated rings. The Morgan fingerprint density at radius 1 is 0.382 bits per heavy atom. The van der Waals surface area contributed by atoms with Crippen LogP contribution in [0.1, 0.15) is 148 Å². The van der Waals surface area contributed by atoms with Crippen molar-refractivity contribution in [1.82, 2.24) is 18.3 Å². The van der Waals surface area contributed by atoms with E-state index >= 15 is 0 Å². The fourth-order valence-corrected chi connectivity index (χ4v) is 24.4. The molecule has 4 unspecified atom stereocenters. The molecule has 0 aliphatic heterocycles. The van der Waals surface area contributed by atoms with E-state index in [1.807, 2.05) is 40.3 Å². The summed E-state index contributed by atoms with van der Waals surface area (Å²) in [5.74, 6) is -4.50. The van der Waals surface area contributed by atoms with Gasteiger partial charge >= 0.3 is 30.2 Å². The number of carboxylic acid groups (broad SMARTS) is 4. The van der Waals surface area contributed by atoms with Crippen LogP contribution in [0.4, 0.5) is 13.2 Å². The highest BCUT2D eigenvalue weighted by Crippen LogP contribution is 2.50. The summed E-state index contributed by atoms with van der Waals surface area (Å²) in [7, 11) is -17.0. The number of nitrogens with zero attached hydrogens (tertiary/aromatic N) is 4. The van der Waals surface area contributed by atoms with Gasteiger partial charge in [0.2, 0.25) is 0 Å². The van der Waals surface area contributed by atoms with E-state index in [-0.39, 0.29) is 86.1 Å². The Morgan fingerprint density at radius 2 is 0.650 bits per heavy atom. The maximum atomic E-state index is 12.7. The van der Waals surface area contributed by atoms with E-state index in [2.05, 4.69) is 102 Å². The van der Waals surface area contributed by atoms with Gasteiger partial charge in [-0.1, -0.05) is 77.8 Å². The topological polar surface area (TPSA) is 349 Å². The van der Waals surface area contributed by atoms with E-state index in [0.717, 1.165) is 139 Å². The van der Waals surface area contributed by atoms with Crippen molar-refractivity contribution in [3.63, 3.8) is 0 Å². The molecule has 0 saturated heterocycles. The van der Waals surface area contributed by atoms with Gasteiger partial charge in [-0.3, -0.25) is 19.2 Å². The van der Waals surface area contributed by atoms with Crippen molar-refractivity contribution in [3.8, 4) is 5.75 Å². The molecule has 650 valence electrons. The number of hydrogen-bond acceptors (Lipinski definition) is 15. The average Bonchev–Trinajstić information content (AvgIpc) is 1.59. The van der Waals surface area contributed by atoms with Crippen LogP contribution in [0.25, 0.3) is 43.6 Å². The predicted molar refractivity (Wildman–Crippen MR) is 476 cm³/mol. The smallest absolute Gasteiger partial charge is 0.481 e. The number of alkyl halides is 3. The number of fused-ring (bicyclic) bond motifs is 12. The first-order chi connectivity index (χ1) is 57.5. The number of carboxylic acids is 4. The zero-order valence-electron chi connectivity index (χ0n) is 66.7. The molecule has 4 aliphatic rings. The van der Waals surface area contributed by atoms with Gasteiger partial charge in [0, 0.05) is 148 Å². The van der Waals surface area contributed by atoms with Crippen molar-refractivity contribution in [2.75, 3.05) is 31.3 Å². The van der Waals surface area contributed by atoms with Crippen LogP contribution in [0, 0.1) is 6.92 Å². The van der Waals surface area contributed by atoms with Crippen LogP contribution in [0.5, 0.6) is 5.75 Å². The molecule has 4 N–H and O–H groups in total. The minimum absolute atomic E-state index is 0.00705. The first kappa shape index (κ1) is 92.0. The summed E-state index contributed by atoms with van der Waals surface area (Å²) in [5.41, 5.74) is 15.6. The number of aromatic nitrogens is 4. The summed E-state index contributed by atoms with van der Waals surface area (Å²) in [6.07, 6.45) is 6.52. The van der Waals surface area contributed by atoms with Crippen molar-refractivity contribution in [2.24, 2.45) is 0 Å². The van der Waals surface area contributed by atoms with Crippen LogP contribution in [0.3, 0.4) is 0 Å². The molecule has 4 heterocycles. The lowest BCUT2D eigenvalue weighted by atomic mass is 10.0. The maximum absolute atomic E-state index is 12.7. The van der Waals surface area contributed by atoms with E-state index in [4.69, 9.17) is 11.6 Å². The Morgan fingerprint density at radius 3 is 0.919 bits per heavy atom. The van der Waals surface area contributed by atoms with Crippen LogP contribution < -0.4 is 4.74 Å². The normalized spacial score (nSPS) is 16.3. The molecule has 4 aliphatic carbocycles. The molecule has 23 nitrogen and oxygen atoms in total. The Bertz CT molecular complexity index is 6950. The average molecular weight is 2060 g/mol. The largest absolute Gasteiger partial charge is 0.573 e. The first-order valence-electron chi connectivity index (χ1n) is 38.5. The third-order valence-corrected chi connectivity index (χ3v) is 30.8. The number of hydrogen-bond donors (Lipinski definition) is 4. The number of ether oxygens (including phenoxy) is 1. The highest BCUT2D eigenvalue weighted by atomic mass is 79.9. The minimum atomic E-state index is -4.82. The number of rotatable bonds is 22. The zero-order chi connectivity index (χ0) is 89.4. The Hall–Kier alpha value is -8.65. The van der Waals surface area contributed by atoms with Gasteiger partial charge in [0.05, 0.1) is 72.2 Å². The molecule has 0 amide bonds. The van der Waals surface area contributed by atoms with E-state index in [0.29, 0.717) is 84.7 Å². The van der Waals surface area contributed by atoms with Gasteiger partial charge in [0.25, 0.3) is 0 Å². The molecule has 0 bridgehead atoms. The molecule has 4 atom stereocenters. The third kappa shape index (κ3) is 20.4. The van der Waals surface area contributed by atoms with Gasteiger partial charge in [-0.2, -0.15) is 0 Å². The second-order valence-electron chi connectivity index (χ2n) is 31.7. The predicted octanol–water partition coefficient (Wildman–Crippen LogP) is 18.7. The second-order valence-corrected chi connectivity index (χ2v) is 45.6. The molecular formula is C87H82Br4ClF3N4O19S5. The Balaban J connectivity index is 0.000000141. The highest BCUT2D eigenvalue weighted by molar-refractivity contribution is 9.11. The van der Waals surface area contributed by atoms with Gasteiger partial charge < -0.3 is 43.4 Å². The first-order valence-corrected chi connectivity index (χ1v) is 51.5. The van der Waals surface area contributed by atoms with Crippen LogP contribution in [0.2, 0.25) is 5.02 Å². The molecular weight excluding hydrogens is 1980 g/mol. The SMILES string of the molecule is CS(=O)(=O)c1cc(Br)c2c(c1)c1c(n2Cc2cccc(Cl)c2)C(CC(=O)O)CC1.CS(=O)(=O)c1cc(Br)c2c(c1)c1c(n2Cc2cccc(OC(F)(F)F)c2)C(CC(=O)O)CC1.CS(=O)(=O)c1ccc(Cn2c3c(c4cc(S(C)(=O)=O)cc(Br)c42)CCC3CC(=O)O)cc1.Cc1ccc(Cn2c3c(c4cc(S(C)(=O)=O)cc(Br)c42)CCC3CC(=O)O)cc1. The van der Waals surface area contributed by atoms with Crippen LogP contribution in [0.15, 0.2) is 188 Å². The molecule has 4 aromatic heterocycles. The van der Waals surface area contributed by atoms with E-state index in [9.17, 15) is 94.9 Å². The van der Waals surface area contributed by atoms with Crippen LogP contribution in [-0.2, 0) is 120 Å². The molecule has 0 radical (unpaired) electrons. The van der Waals surface area contributed by atoms with Gasteiger partial charge in [-0.15, -0.1) is 13.2 Å². The van der Waals surface area contributed by atoms with Gasteiger partial charge in [-0.05, 0) is 251 Å². The minimum Gasteiger partial charge on any atom is -0.481 e. The number of sulfone groups is 5. The van der Waals surface area contributed by atoms with Crippen molar-refractivity contribution in [2.45, 2.75) is 165 Å². The summed E-state index contributed by atoms with van der Waals surface area (Å²) in [4.78, 5) is 46.9. The number of aryl methyl sites for hydroxylation is 5. The van der Waals surface area contributed by atoms with Gasteiger partial charge in [0.15, 0.2) is 49.2 Å². The fourth-order valence-electron chi connectivity index (χ4n) is 17.6. The molecule has 8 aromatic carbocycles. The monoisotopic (exact) mass is 2050 g/mol. The molecule has 123 heavy (non-hydrogen) atoms. The summed E-state index contributed by atoms with van der Waals surface area (Å²) >= 11 is 20.3. The van der Waals surface area contributed by atoms with E-state index in [1.165, 1.54) is 42.3 Å². The summed E-state index contributed by atoms with van der Waals surface area (Å²) in [6.45, 7) is 3.74. The van der Waals surface area contributed by atoms with Crippen LogP contribution in [-0.4, -0.2) is 142 Å². The molecule has 16 rings (SSSR count). The lowest BCUT2D eigenvalue weighted by molar-refractivity contribution is -0.274. The quantitative estimate of drug-likeness (QED) is 0.0489. The standard InChI is InChI=1S/C22H19BrF3NO5S.C22H22BrNO6S2.C22H22BrNO4S.C21H19BrClNO4S/c1-33(30,31)15-9-17-16-6-5-13(8-19(28)29)20(16)27(21(17)18(23)10-15)11-12-3-2-4-14(7-12)32-22(24,25)26;1-31(27,28)15-6-3-13(4-7-15)12-24-21-14(9-20(25)26)5-8-17(21)18-10-16(32(2,29)30)11-19(23)22(18)24;1-13-3-5-14(6-4-13)12-24-21-15(9-20(25)26)7-8-17(21)18-10-16(29(2,27)28)11-19(23)22(18)24;1-29(27,28)15-9-17-16-6-5-13(8-19(25)26)20(16)24(21(17)18(22)10-15)11-12-3-2-4-14(23)7-12/h2-4,7,9-10,13H,5-6,8,11H2,1H3,(H,28,29);3-4,6-7,10-11,14H,5,8-9,12H2,1-2H3,(H,25,26);3-6,10-11,15H,7-9,12H2,1-2H3,(H,25,26);2-4,7,9-10,13H,5-6,8,11H2,1H3,(H,25,26). The van der Waals surface area contributed by atoms with Crippen molar-refractivity contribution in [1.29, 1.82) is 0 Å². The second kappa shape index (κ2) is 35.6. The summed E-state index contributed by atoms with van der Waals surface area (Å²) < 4.78 is 174. The summed E-state index contributed by atoms with van der Waals surface area (Å²) in [5, 5.41) is 41.5. The van der Waals surface area contributed by atoms with Gasteiger partial charge in [0.1, 0.15) is 5.75 Å². The molecule has 36 heteroatoms. The van der Waals surface area contributed by atoms with Crippen molar-refractivity contribution in [3.05, 3.63) is 241 Å². The maximum Gasteiger partial charge on any atom is 0.573 e. The number of carbonyl (C=O) groups is 4. The third-order valence-electron chi connectivity index (χ3n) is 22.7. The highest BCUT2D eigenvalue weighted by Gasteiger charge is 2.39. The molecule has 0 saturated carbocycles. The number of benzene rings is 8. The lowest BCUT2D eigenvalue weighted by Gasteiger charge is -2.17. The number of aliphatic carboxylic acids is 4. The Kier molecular flexibility index (Phi) is 26.7.